The van der Waals surface area contributed by atoms with Crippen molar-refractivity contribution in [2.45, 2.75) is 48.8 Å². The van der Waals surface area contributed by atoms with Gasteiger partial charge in [-0.1, -0.05) is 0 Å². The van der Waals surface area contributed by atoms with E-state index in [1.165, 1.54) is 12.1 Å². The first-order chi connectivity index (χ1) is 14.5. The van der Waals surface area contributed by atoms with Crippen molar-refractivity contribution in [1.82, 2.24) is 0 Å². The molecule has 0 unspecified atom stereocenters. The van der Waals surface area contributed by atoms with Crippen LogP contribution in [0.15, 0.2) is 47.4 Å². The molecule has 0 saturated heterocycles. The summed E-state index contributed by atoms with van der Waals surface area (Å²) in [5.74, 6) is -1.93. The molecule has 1 aliphatic rings. The minimum Gasteiger partial charge on any atom is -0.393 e. The summed E-state index contributed by atoms with van der Waals surface area (Å²) < 4.78 is 68.3. The highest BCUT2D eigenvalue weighted by Crippen LogP contribution is 2.39. The number of rotatable bonds is 6. The van der Waals surface area contributed by atoms with Crippen LogP contribution in [0.5, 0.6) is 0 Å². The number of aliphatic hydroxyl groups is 1. The minimum atomic E-state index is -4.42. The van der Waals surface area contributed by atoms with Gasteiger partial charge in [-0.15, -0.1) is 0 Å². The lowest BCUT2D eigenvalue weighted by molar-refractivity contribution is 0.0999. The Morgan fingerprint density at radius 2 is 1.71 bits per heavy atom. The number of benzene rings is 2. The number of hydrogen-bond donors (Lipinski definition) is 3. The summed E-state index contributed by atoms with van der Waals surface area (Å²) >= 11 is 0. The molecule has 3 rings (SSSR count). The normalized spacial score (nSPS) is 21.8. The molecule has 2 aromatic carbocycles. The number of nitrogens with two attached hydrogens (primary N) is 2. The molecule has 1 amide bonds. The van der Waals surface area contributed by atoms with Gasteiger partial charge in [0, 0.05) is 5.56 Å². The summed E-state index contributed by atoms with van der Waals surface area (Å²) in [5.41, 5.74) is 8.98. The number of alkyl halides is 2. The fourth-order valence-electron chi connectivity index (χ4n) is 3.66. The third-order valence-corrected chi connectivity index (χ3v) is 7.27. The number of carbonyl (C=O) groups excluding carboxylic acids is 1. The average Bonchev–Trinajstić information content (AvgIpc) is 2.71. The Morgan fingerprint density at radius 3 is 2.23 bits per heavy atom. The van der Waals surface area contributed by atoms with Gasteiger partial charge < -0.3 is 16.6 Å². The number of sulfonamides is 1. The fraction of sp³-hybridized carbons (Fsp3) is 0.350. The second-order valence-corrected chi connectivity index (χ2v) is 9.29. The smallest absolute Gasteiger partial charge is 0.266 e. The highest BCUT2D eigenvalue weighted by Gasteiger charge is 2.44. The summed E-state index contributed by atoms with van der Waals surface area (Å²) in [4.78, 5) is 11.0. The number of halogens is 3. The molecule has 1 fully saturated rings. The molecule has 168 valence electrons. The fourth-order valence-corrected chi connectivity index (χ4v) is 5.41. The van der Waals surface area contributed by atoms with Gasteiger partial charge in [0.25, 0.3) is 16.4 Å². The summed E-state index contributed by atoms with van der Waals surface area (Å²) in [6, 6.07) is 7.33. The first kappa shape index (κ1) is 23.0. The zero-order valence-corrected chi connectivity index (χ0v) is 17.2. The summed E-state index contributed by atoms with van der Waals surface area (Å²) in [7, 11) is -4.42. The largest absolute Gasteiger partial charge is 0.393 e. The zero-order valence-electron chi connectivity index (χ0n) is 16.3. The van der Waals surface area contributed by atoms with E-state index < -0.39 is 45.5 Å². The van der Waals surface area contributed by atoms with Crippen LogP contribution in [-0.2, 0) is 10.0 Å². The van der Waals surface area contributed by atoms with Crippen molar-refractivity contribution in [2.24, 2.45) is 11.5 Å². The van der Waals surface area contributed by atoms with Crippen LogP contribution in [0.4, 0.5) is 18.9 Å². The van der Waals surface area contributed by atoms with Crippen molar-refractivity contribution >= 4 is 21.6 Å². The molecule has 0 heterocycles. The number of carbonyl (C=O) groups is 1. The predicted molar refractivity (Wildman–Crippen MR) is 107 cm³/mol. The Morgan fingerprint density at radius 1 is 1.13 bits per heavy atom. The van der Waals surface area contributed by atoms with E-state index in [4.69, 9.17) is 11.5 Å². The Balaban J connectivity index is 2.16. The molecule has 0 spiro atoms. The number of aliphatic hydroxyl groups excluding tert-OH is 1. The quantitative estimate of drug-likeness (QED) is 0.575. The van der Waals surface area contributed by atoms with Crippen LogP contribution < -0.4 is 15.8 Å². The zero-order chi connectivity index (χ0) is 23.0. The van der Waals surface area contributed by atoms with Crippen molar-refractivity contribution in [3.63, 3.8) is 0 Å². The highest BCUT2D eigenvalue weighted by atomic mass is 32.2. The molecular weight excluding hydrogens is 435 g/mol. The minimum absolute atomic E-state index is 0.0498. The van der Waals surface area contributed by atoms with E-state index in [9.17, 15) is 31.5 Å². The van der Waals surface area contributed by atoms with Gasteiger partial charge in [0.05, 0.1) is 22.3 Å². The first-order valence-electron chi connectivity index (χ1n) is 9.45. The van der Waals surface area contributed by atoms with E-state index in [2.05, 4.69) is 0 Å². The van der Waals surface area contributed by atoms with Gasteiger partial charge in [0.15, 0.2) is 0 Å². The van der Waals surface area contributed by atoms with Gasteiger partial charge >= 0.3 is 0 Å². The number of nitrogens with zero attached hydrogens (tertiary/aromatic N) is 1. The van der Waals surface area contributed by atoms with Crippen molar-refractivity contribution in [2.75, 3.05) is 4.31 Å². The third-order valence-electron chi connectivity index (χ3n) is 5.35. The van der Waals surface area contributed by atoms with Crippen molar-refractivity contribution in [1.29, 1.82) is 0 Å². The molecule has 31 heavy (non-hydrogen) atoms. The molecule has 11 heteroatoms. The average molecular weight is 457 g/mol. The van der Waals surface area contributed by atoms with Crippen LogP contribution in [0, 0.1) is 5.82 Å². The molecule has 1 saturated carbocycles. The Bertz CT molecular complexity index is 1070. The molecule has 0 aromatic heterocycles. The molecule has 0 bridgehead atoms. The van der Waals surface area contributed by atoms with Gasteiger partial charge in [-0.05, 0) is 68.1 Å². The Kier molecular flexibility index (Phi) is 6.30. The first-order valence-corrected chi connectivity index (χ1v) is 10.9. The van der Waals surface area contributed by atoms with Crippen LogP contribution in [0.2, 0.25) is 0 Å². The van der Waals surface area contributed by atoms with Crippen molar-refractivity contribution in [3.05, 3.63) is 59.4 Å². The molecule has 1 aliphatic carbocycles. The van der Waals surface area contributed by atoms with Gasteiger partial charge in [0.2, 0.25) is 5.91 Å². The van der Waals surface area contributed by atoms with E-state index in [1.54, 1.807) is 0 Å². The van der Waals surface area contributed by atoms with Crippen LogP contribution in [0.3, 0.4) is 0 Å². The lowest BCUT2D eigenvalue weighted by Gasteiger charge is -2.44. The van der Waals surface area contributed by atoms with Gasteiger partial charge in [-0.3, -0.25) is 4.79 Å². The van der Waals surface area contributed by atoms with Crippen LogP contribution >= 0.6 is 0 Å². The molecule has 0 atom stereocenters. The molecule has 7 nitrogen and oxygen atoms in total. The molecule has 2 aromatic rings. The van der Waals surface area contributed by atoms with Crippen molar-refractivity contribution < 1.29 is 31.5 Å². The van der Waals surface area contributed by atoms with Gasteiger partial charge in [0.1, 0.15) is 11.5 Å². The van der Waals surface area contributed by atoms with E-state index in [-0.39, 0.29) is 41.8 Å². The second-order valence-electron chi connectivity index (χ2n) is 7.50. The predicted octanol–water partition coefficient (Wildman–Crippen LogP) is 2.65. The number of amides is 1. The molecular formula is C20H22F3N3O4S. The standard InChI is InChI=1S/C20H22F3N3O4S/c21-17-6-3-13(11-16(17)18(22)23)26(20(25)9-7-14(27)8-10-20)31(29,30)15-4-1-12(2-5-15)19(24)28/h1-6,11,14,18,27H,7-10,25H2,(H2,24,28). The highest BCUT2D eigenvalue weighted by molar-refractivity contribution is 7.93. The maximum atomic E-state index is 13.9. The number of anilines is 1. The van der Waals surface area contributed by atoms with E-state index >= 15 is 0 Å². The Hall–Kier alpha value is -2.63. The van der Waals surface area contributed by atoms with E-state index in [1.807, 2.05) is 0 Å². The maximum Gasteiger partial charge on any atom is 0.266 e. The van der Waals surface area contributed by atoms with E-state index in [0.717, 1.165) is 34.6 Å². The maximum absolute atomic E-state index is 13.9. The van der Waals surface area contributed by atoms with Crippen LogP contribution in [-0.4, -0.2) is 31.2 Å². The lowest BCUT2D eigenvalue weighted by Crippen LogP contribution is -2.60. The van der Waals surface area contributed by atoms with Crippen LogP contribution in [0.1, 0.15) is 48.0 Å². The Labute approximate surface area is 177 Å². The van der Waals surface area contributed by atoms with Gasteiger partial charge in [-0.25, -0.2) is 25.9 Å². The molecule has 0 aliphatic heterocycles. The monoisotopic (exact) mass is 457 g/mol. The lowest BCUT2D eigenvalue weighted by atomic mass is 9.87. The summed E-state index contributed by atoms with van der Waals surface area (Å²) in [6.45, 7) is 0. The number of hydrogen-bond acceptors (Lipinski definition) is 5. The second kappa shape index (κ2) is 8.48. The molecule has 0 radical (unpaired) electrons. The molecule has 5 N–H and O–H groups in total. The SMILES string of the molecule is NC(=O)c1ccc(S(=O)(=O)N(c2ccc(F)c(C(F)F)c2)C2(N)CCC(O)CC2)cc1. The third kappa shape index (κ3) is 4.53. The summed E-state index contributed by atoms with van der Waals surface area (Å²) in [5, 5.41) is 9.83. The van der Waals surface area contributed by atoms with Crippen LogP contribution in [0.25, 0.3) is 0 Å². The van der Waals surface area contributed by atoms with Gasteiger partial charge in [-0.2, -0.15) is 0 Å². The van der Waals surface area contributed by atoms with E-state index in [0.29, 0.717) is 0 Å². The van der Waals surface area contributed by atoms with Crippen molar-refractivity contribution in [3.8, 4) is 0 Å². The topological polar surface area (TPSA) is 127 Å². The number of primary amides is 1. The summed E-state index contributed by atoms with van der Waals surface area (Å²) in [6.07, 6.45) is -3.33.